The van der Waals surface area contributed by atoms with Crippen molar-refractivity contribution in [3.05, 3.63) is 47.3 Å². The number of nitrogens with zero attached hydrogens (tertiary/aromatic N) is 3. The number of carbonyl (C=O) groups is 1. The predicted octanol–water partition coefficient (Wildman–Crippen LogP) is 1.64. The van der Waals surface area contributed by atoms with Gasteiger partial charge in [-0.15, -0.1) is 0 Å². The normalized spacial score (nSPS) is 10.3. The monoisotopic (exact) mass is 288 g/mol. The molecule has 1 heterocycles. The molecule has 5 nitrogen and oxygen atoms in total. The van der Waals surface area contributed by atoms with Gasteiger partial charge in [0, 0.05) is 25.3 Å². The fourth-order valence-corrected chi connectivity index (χ4v) is 2.09. The van der Waals surface area contributed by atoms with Gasteiger partial charge in [-0.1, -0.05) is 24.4 Å². The molecule has 20 heavy (non-hydrogen) atoms. The van der Waals surface area contributed by atoms with E-state index in [9.17, 15) is 4.79 Å². The average molecular weight is 288 g/mol. The van der Waals surface area contributed by atoms with Crippen molar-refractivity contribution in [2.24, 2.45) is 12.8 Å². The molecule has 1 aromatic carbocycles. The minimum atomic E-state index is -0.131. The Labute approximate surface area is 123 Å². The summed E-state index contributed by atoms with van der Waals surface area (Å²) in [6.45, 7) is 1.85. The molecule has 0 fully saturated rings. The number of aryl methyl sites for hydroxylation is 2. The van der Waals surface area contributed by atoms with Crippen LogP contribution in [0.3, 0.4) is 0 Å². The molecule has 0 saturated carbocycles. The number of nitrogens with two attached hydrogens (primary N) is 1. The third-order valence-corrected chi connectivity index (χ3v) is 3.28. The first-order valence-corrected chi connectivity index (χ1v) is 6.49. The second-order valence-corrected chi connectivity index (χ2v) is 5.01. The number of hydrogen-bond acceptors (Lipinski definition) is 3. The summed E-state index contributed by atoms with van der Waals surface area (Å²) >= 11 is 4.95. The van der Waals surface area contributed by atoms with Gasteiger partial charge in [0.1, 0.15) is 10.7 Å². The highest BCUT2D eigenvalue weighted by Crippen LogP contribution is 2.17. The van der Waals surface area contributed by atoms with E-state index in [-0.39, 0.29) is 5.91 Å². The molecule has 2 rings (SSSR count). The first-order valence-electron chi connectivity index (χ1n) is 6.08. The van der Waals surface area contributed by atoms with Crippen LogP contribution in [0.1, 0.15) is 21.7 Å². The number of carbonyl (C=O) groups excluding carboxylic acids is 1. The van der Waals surface area contributed by atoms with Crippen molar-refractivity contribution in [1.29, 1.82) is 0 Å². The highest BCUT2D eigenvalue weighted by atomic mass is 32.1. The smallest absolute Gasteiger partial charge is 0.276 e. The molecule has 1 amide bonds. The molecule has 6 heteroatoms. The maximum atomic E-state index is 12.5. The van der Waals surface area contributed by atoms with Crippen LogP contribution >= 0.6 is 12.2 Å². The molecule has 0 spiro atoms. The standard InChI is InChI=1S/C14H16N4OS/c1-9-7-12(18(3)16-9)14(19)17(2)11-6-4-5-10(8-11)13(15)20/h4-8H,1-3H3,(H2,15,20). The van der Waals surface area contributed by atoms with Crippen LogP contribution in [0.25, 0.3) is 0 Å². The predicted molar refractivity (Wildman–Crippen MR) is 83.0 cm³/mol. The third kappa shape index (κ3) is 2.70. The Kier molecular flexibility index (Phi) is 3.85. The summed E-state index contributed by atoms with van der Waals surface area (Å²) in [5, 5.41) is 4.18. The molecule has 0 atom stereocenters. The molecule has 2 N–H and O–H groups in total. The summed E-state index contributed by atoms with van der Waals surface area (Å²) in [5.41, 5.74) is 8.42. The van der Waals surface area contributed by atoms with Crippen molar-refractivity contribution >= 4 is 28.8 Å². The molecule has 0 aliphatic carbocycles. The topological polar surface area (TPSA) is 64.2 Å². The second-order valence-electron chi connectivity index (χ2n) is 4.57. The molecule has 0 bridgehead atoms. The van der Waals surface area contributed by atoms with Crippen LogP contribution in [-0.4, -0.2) is 27.7 Å². The van der Waals surface area contributed by atoms with E-state index in [1.165, 1.54) is 0 Å². The summed E-state index contributed by atoms with van der Waals surface area (Å²) in [6, 6.07) is 9.03. The van der Waals surface area contributed by atoms with Gasteiger partial charge in [-0.3, -0.25) is 9.48 Å². The third-order valence-electron chi connectivity index (χ3n) is 3.04. The maximum absolute atomic E-state index is 12.5. The Balaban J connectivity index is 2.33. The molecule has 0 radical (unpaired) electrons. The largest absolute Gasteiger partial charge is 0.389 e. The fourth-order valence-electron chi connectivity index (χ4n) is 1.97. The molecular weight excluding hydrogens is 272 g/mol. The lowest BCUT2D eigenvalue weighted by atomic mass is 10.2. The highest BCUT2D eigenvalue weighted by molar-refractivity contribution is 7.80. The number of aromatic nitrogens is 2. The fraction of sp³-hybridized carbons (Fsp3) is 0.214. The van der Waals surface area contributed by atoms with E-state index < -0.39 is 0 Å². The van der Waals surface area contributed by atoms with Crippen molar-refractivity contribution in [2.45, 2.75) is 6.92 Å². The van der Waals surface area contributed by atoms with Crippen molar-refractivity contribution in [3.8, 4) is 0 Å². The van der Waals surface area contributed by atoms with Gasteiger partial charge in [-0.05, 0) is 25.1 Å². The first kappa shape index (κ1) is 14.2. The molecule has 104 valence electrons. The summed E-state index contributed by atoms with van der Waals surface area (Å²) in [4.78, 5) is 14.3. The van der Waals surface area contributed by atoms with Crippen molar-refractivity contribution in [1.82, 2.24) is 9.78 Å². The van der Waals surface area contributed by atoms with Gasteiger partial charge >= 0.3 is 0 Å². The van der Waals surface area contributed by atoms with Crippen LogP contribution in [0.2, 0.25) is 0 Å². The van der Waals surface area contributed by atoms with E-state index >= 15 is 0 Å². The van der Waals surface area contributed by atoms with Gasteiger partial charge in [0.25, 0.3) is 5.91 Å². The maximum Gasteiger partial charge on any atom is 0.276 e. The van der Waals surface area contributed by atoms with Crippen molar-refractivity contribution in [3.63, 3.8) is 0 Å². The van der Waals surface area contributed by atoms with Crippen LogP contribution < -0.4 is 10.6 Å². The molecule has 2 aromatic rings. The molecule has 0 saturated heterocycles. The lowest BCUT2D eigenvalue weighted by Gasteiger charge is -2.18. The van der Waals surface area contributed by atoms with Gasteiger partial charge in [0.2, 0.25) is 0 Å². The lowest BCUT2D eigenvalue weighted by molar-refractivity contribution is 0.0984. The number of hydrogen-bond donors (Lipinski definition) is 1. The van der Waals surface area contributed by atoms with Gasteiger partial charge in [0.05, 0.1) is 5.69 Å². The summed E-state index contributed by atoms with van der Waals surface area (Å²) in [7, 11) is 3.46. The molecule has 0 aliphatic rings. The van der Waals surface area contributed by atoms with Gasteiger partial charge in [0.15, 0.2) is 0 Å². The lowest BCUT2D eigenvalue weighted by Crippen LogP contribution is -2.28. The van der Waals surface area contributed by atoms with Gasteiger partial charge in [-0.25, -0.2) is 0 Å². The Morgan fingerprint density at radius 1 is 1.40 bits per heavy atom. The van der Waals surface area contributed by atoms with E-state index in [2.05, 4.69) is 5.10 Å². The zero-order chi connectivity index (χ0) is 14.9. The molecule has 0 unspecified atom stereocenters. The van der Waals surface area contributed by atoms with E-state index in [4.69, 9.17) is 18.0 Å². The van der Waals surface area contributed by atoms with Crippen LogP contribution in [-0.2, 0) is 7.05 Å². The first-order chi connectivity index (χ1) is 9.40. The second kappa shape index (κ2) is 5.42. The Morgan fingerprint density at radius 2 is 2.10 bits per heavy atom. The zero-order valence-electron chi connectivity index (χ0n) is 11.6. The number of anilines is 1. The van der Waals surface area contributed by atoms with E-state index in [1.807, 2.05) is 25.1 Å². The van der Waals surface area contributed by atoms with E-state index in [1.54, 1.807) is 35.8 Å². The molecule has 1 aromatic heterocycles. The Bertz CT molecular complexity index is 678. The quantitative estimate of drug-likeness (QED) is 0.872. The van der Waals surface area contributed by atoms with Crippen LogP contribution in [0, 0.1) is 6.92 Å². The summed E-state index contributed by atoms with van der Waals surface area (Å²) in [5.74, 6) is -0.131. The van der Waals surface area contributed by atoms with Gasteiger partial charge in [-0.2, -0.15) is 5.10 Å². The van der Waals surface area contributed by atoms with Crippen LogP contribution in [0.5, 0.6) is 0 Å². The zero-order valence-corrected chi connectivity index (χ0v) is 12.4. The summed E-state index contributed by atoms with van der Waals surface area (Å²) in [6.07, 6.45) is 0. The number of rotatable bonds is 3. The van der Waals surface area contributed by atoms with Gasteiger partial charge < -0.3 is 10.6 Å². The van der Waals surface area contributed by atoms with E-state index in [0.29, 0.717) is 10.7 Å². The van der Waals surface area contributed by atoms with E-state index in [0.717, 1.165) is 16.9 Å². The number of benzene rings is 1. The molecular formula is C14H16N4OS. The average Bonchev–Trinajstić information content (AvgIpc) is 2.76. The number of amides is 1. The van der Waals surface area contributed by atoms with Crippen LogP contribution in [0.15, 0.2) is 30.3 Å². The summed E-state index contributed by atoms with van der Waals surface area (Å²) < 4.78 is 1.57. The van der Waals surface area contributed by atoms with Crippen LogP contribution in [0.4, 0.5) is 5.69 Å². The SMILES string of the molecule is Cc1cc(C(=O)N(C)c2cccc(C(N)=S)c2)n(C)n1. The molecule has 0 aliphatic heterocycles. The highest BCUT2D eigenvalue weighted by Gasteiger charge is 2.18. The number of thiocarbonyl (C=S) groups is 1. The van der Waals surface area contributed by atoms with Crippen molar-refractivity contribution in [2.75, 3.05) is 11.9 Å². The Morgan fingerprint density at radius 3 is 2.65 bits per heavy atom. The minimum Gasteiger partial charge on any atom is -0.389 e. The Hall–Kier alpha value is -2.21. The minimum absolute atomic E-state index is 0.131. The van der Waals surface area contributed by atoms with Crippen molar-refractivity contribution < 1.29 is 4.79 Å².